The summed E-state index contributed by atoms with van der Waals surface area (Å²) in [4.78, 5) is 26.4. The molecule has 1 N–H and O–H groups in total. The van der Waals surface area contributed by atoms with Gasteiger partial charge in [-0.3, -0.25) is 9.69 Å². The van der Waals surface area contributed by atoms with Crippen LogP contribution in [0.5, 0.6) is 5.75 Å². The molecule has 5 nitrogen and oxygen atoms in total. The fourth-order valence-corrected chi connectivity index (χ4v) is 4.41. The molecule has 0 atom stereocenters. The zero-order valence-corrected chi connectivity index (χ0v) is 20.7. The van der Waals surface area contributed by atoms with Crippen LogP contribution in [0, 0.1) is 6.92 Å². The number of amides is 3. The van der Waals surface area contributed by atoms with Crippen molar-refractivity contribution in [2.45, 2.75) is 20.1 Å². The summed E-state index contributed by atoms with van der Waals surface area (Å²) in [6.45, 7) is 2.50. The maximum Gasteiger partial charge on any atom is 0.329 e. The van der Waals surface area contributed by atoms with Crippen LogP contribution in [0.3, 0.4) is 0 Å². The number of hydrogen-bond donors (Lipinski definition) is 1. The van der Waals surface area contributed by atoms with Gasteiger partial charge in [0.15, 0.2) is 5.75 Å². The molecule has 0 spiro atoms. The normalized spacial score (nSPS) is 14.7. The minimum Gasteiger partial charge on any atom is -0.486 e. The highest BCUT2D eigenvalue weighted by atomic mass is 79.9. The van der Waals surface area contributed by atoms with Gasteiger partial charge in [0.2, 0.25) is 0 Å². The second-order valence-corrected chi connectivity index (χ2v) is 9.29. The third-order valence-corrected chi connectivity index (χ3v) is 6.17. The van der Waals surface area contributed by atoms with E-state index >= 15 is 0 Å². The number of nitrogens with zero attached hydrogens (tertiary/aromatic N) is 1. The predicted octanol–water partition coefficient (Wildman–Crippen LogP) is 6.74. The monoisotopic (exact) mass is 544 g/mol. The molecule has 33 heavy (non-hydrogen) atoms. The van der Waals surface area contributed by atoms with Gasteiger partial charge in [-0.2, -0.15) is 0 Å². The molecule has 4 rings (SSSR count). The highest BCUT2D eigenvalue weighted by molar-refractivity contribution is 9.10. The zero-order valence-electron chi connectivity index (χ0n) is 17.6. The second kappa shape index (κ2) is 10.00. The largest absolute Gasteiger partial charge is 0.486 e. The lowest BCUT2D eigenvalue weighted by molar-refractivity contribution is -0.123. The van der Waals surface area contributed by atoms with E-state index in [0.717, 1.165) is 16.7 Å². The number of urea groups is 1. The lowest BCUT2D eigenvalue weighted by Gasteiger charge is -2.12. The molecule has 1 fully saturated rings. The SMILES string of the molecule is Cc1ccc(CN2C(=O)N/C(=C/c3cc(Cl)c(OCc4ccc(Cl)cc4)c(Br)c3)C2=O)cc1. The van der Waals surface area contributed by atoms with E-state index in [9.17, 15) is 9.59 Å². The maximum absolute atomic E-state index is 12.8. The van der Waals surface area contributed by atoms with Gasteiger partial charge in [0.1, 0.15) is 12.3 Å². The Balaban J connectivity index is 1.49. The van der Waals surface area contributed by atoms with Gasteiger partial charge in [0, 0.05) is 5.02 Å². The molecule has 0 saturated carbocycles. The second-order valence-electron chi connectivity index (χ2n) is 7.59. The van der Waals surface area contributed by atoms with Crippen molar-refractivity contribution < 1.29 is 14.3 Å². The first-order valence-corrected chi connectivity index (χ1v) is 11.6. The summed E-state index contributed by atoms with van der Waals surface area (Å²) < 4.78 is 6.49. The molecular weight excluding hydrogens is 527 g/mol. The average molecular weight is 546 g/mol. The van der Waals surface area contributed by atoms with Crippen molar-refractivity contribution in [1.82, 2.24) is 10.2 Å². The number of nitrogens with one attached hydrogen (secondary N) is 1. The van der Waals surface area contributed by atoms with Crippen molar-refractivity contribution in [1.29, 1.82) is 0 Å². The predicted molar refractivity (Wildman–Crippen MR) is 133 cm³/mol. The fraction of sp³-hybridized carbons (Fsp3) is 0.120. The van der Waals surface area contributed by atoms with Crippen molar-refractivity contribution in [3.8, 4) is 5.75 Å². The van der Waals surface area contributed by atoms with Crippen LogP contribution in [-0.4, -0.2) is 16.8 Å². The summed E-state index contributed by atoms with van der Waals surface area (Å²) in [5.74, 6) is 0.0902. The molecule has 1 aliphatic heterocycles. The fourth-order valence-electron chi connectivity index (χ4n) is 3.29. The Bertz CT molecular complexity index is 1220. The van der Waals surface area contributed by atoms with Gasteiger partial charge in [-0.15, -0.1) is 0 Å². The Kier molecular flexibility index (Phi) is 7.08. The molecule has 3 amide bonds. The van der Waals surface area contributed by atoms with Crippen molar-refractivity contribution in [3.63, 3.8) is 0 Å². The van der Waals surface area contributed by atoms with Gasteiger partial charge >= 0.3 is 6.03 Å². The third kappa shape index (κ3) is 5.58. The van der Waals surface area contributed by atoms with Gasteiger partial charge in [0.25, 0.3) is 5.91 Å². The van der Waals surface area contributed by atoms with Crippen molar-refractivity contribution in [2.75, 3.05) is 0 Å². The zero-order chi connectivity index (χ0) is 23.5. The Morgan fingerprint density at radius 2 is 1.67 bits per heavy atom. The first kappa shape index (κ1) is 23.4. The molecular formula is C25H19BrCl2N2O3. The van der Waals surface area contributed by atoms with E-state index in [4.69, 9.17) is 27.9 Å². The summed E-state index contributed by atoms with van der Waals surface area (Å²) in [7, 11) is 0. The molecule has 3 aromatic rings. The van der Waals surface area contributed by atoms with Crippen LogP contribution < -0.4 is 10.1 Å². The number of rotatable bonds is 6. The van der Waals surface area contributed by atoms with Gasteiger partial charge in [0.05, 0.1) is 16.0 Å². The van der Waals surface area contributed by atoms with Crippen LogP contribution in [0.1, 0.15) is 22.3 Å². The summed E-state index contributed by atoms with van der Waals surface area (Å²) in [6.07, 6.45) is 1.59. The molecule has 0 bridgehead atoms. The number of carbonyl (C=O) groups is 2. The number of ether oxygens (including phenoxy) is 1. The summed E-state index contributed by atoms with van der Waals surface area (Å²) >= 11 is 15.8. The van der Waals surface area contributed by atoms with Crippen LogP contribution in [-0.2, 0) is 17.9 Å². The minimum absolute atomic E-state index is 0.185. The highest BCUT2D eigenvalue weighted by Gasteiger charge is 2.33. The molecule has 0 unspecified atom stereocenters. The average Bonchev–Trinajstić information content (AvgIpc) is 3.03. The van der Waals surface area contributed by atoms with Crippen LogP contribution in [0.4, 0.5) is 4.79 Å². The molecule has 0 aromatic heterocycles. The first-order valence-electron chi connectivity index (χ1n) is 10.1. The van der Waals surface area contributed by atoms with Gasteiger partial charge in [-0.05, 0) is 69.9 Å². The molecule has 0 aliphatic carbocycles. The third-order valence-electron chi connectivity index (χ3n) is 5.05. The van der Waals surface area contributed by atoms with Gasteiger partial charge in [-0.1, -0.05) is 65.2 Å². The molecule has 1 heterocycles. The highest BCUT2D eigenvalue weighted by Crippen LogP contribution is 2.36. The van der Waals surface area contributed by atoms with Crippen molar-refractivity contribution in [3.05, 3.63) is 103 Å². The number of aryl methyl sites for hydroxylation is 1. The van der Waals surface area contributed by atoms with Crippen molar-refractivity contribution >= 4 is 57.1 Å². The maximum atomic E-state index is 12.8. The van der Waals surface area contributed by atoms with Gasteiger partial charge in [-0.25, -0.2) is 4.79 Å². The lowest BCUT2D eigenvalue weighted by atomic mass is 10.1. The number of imide groups is 1. The van der Waals surface area contributed by atoms with Crippen molar-refractivity contribution in [2.24, 2.45) is 0 Å². The Labute approximate surface area is 210 Å². The van der Waals surface area contributed by atoms with E-state index in [1.807, 2.05) is 43.3 Å². The molecule has 168 valence electrons. The molecule has 8 heteroatoms. The molecule has 1 aliphatic rings. The summed E-state index contributed by atoms with van der Waals surface area (Å²) in [5, 5.41) is 3.66. The van der Waals surface area contributed by atoms with E-state index in [0.29, 0.717) is 32.4 Å². The van der Waals surface area contributed by atoms with Crippen LogP contribution in [0.25, 0.3) is 6.08 Å². The molecule has 0 radical (unpaired) electrons. The van der Waals surface area contributed by atoms with E-state index in [1.165, 1.54) is 4.90 Å². The van der Waals surface area contributed by atoms with Crippen LogP contribution >= 0.6 is 39.1 Å². The number of benzene rings is 3. The molecule has 1 saturated heterocycles. The smallest absolute Gasteiger partial charge is 0.329 e. The van der Waals surface area contributed by atoms with Gasteiger partial charge < -0.3 is 10.1 Å². The minimum atomic E-state index is -0.458. The Morgan fingerprint density at radius 3 is 2.33 bits per heavy atom. The van der Waals surface area contributed by atoms with E-state index in [2.05, 4.69) is 21.2 Å². The standard InChI is InChI=1S/C25H19BrCl2N2O3/c1-15-2-4-16(5-3-15)13-30-24(31)22(29-25(30)32)12-18-10-20(26)23(21(28)11-18)33-14-17-6-8-19(27)9-7-17/h2-12H,13-14H2,1H3,(H,29,32)/b22-12+. The first-order chi connectivity index (χ1) is 15.8. The van der Waals surface area contributed by atoms with Crippen LogP contribution in [0.2, 0.25) is 10.0 Å². The summed E-state index contributed by atoms with van der Waals surface area (Å²) in [5.41, 5.74) is 3.76. The van der Waals surface area contributed by atoms with E-state index in [-0.39, 0.29) is 12.2 Å². The van der Waals surface area contributed by atoms with E-state index in [1.54, 1.807) is 30.3 Å². The lowest BCUT2D eigenvalue weighted by Crippen LogP contribution is -2.30. The molecule has 3 aromatic carbocycles. The quantitative estimate of drug-likeness (QED) is 0.276. The number of carbonyl (C=O) groups excluding carboxylic acids is 2. The number of hydrogen-bond acceptors (Lipinski definition) is 3. The summed E-state index contributed by atoms with van der Waals surface area (Å²) in [6, 6.07) is 18.0. The van der Waals surface area contributed by atoms with E-state index < -0.39 is 11.9 Å². The Hall–Kier alpha value is -2.80. The Morgan fingerprint density at radius 1 is 1.00 bits per heavy atom. The van der Waals surface area contributed by atoms with Crippen LogP contribution in [0.15, 0.2) is 70.8 Å². The topological polar surface area (TPSA) is 58.6 Å². The number of halogens is 3.